The van der Waals surface area contributed by atoms with Crippen molar-refractivity contribution in [1.29, 1.82) is 0 Å². The summed E-state index contributed by atoms with van der Waals surface area (Å²) in [6, 6.07) is 4.72. The van der Waals surface area contributed by atoms with E-state index in [-0.39, 0.29) is 18.4 Å². The number of hydrogen-bond donors (Lipinski definition) is 1. The van der Waals surface area contributed by atoms with Gasteiger partial charge >= 0.3 is 5.97 Å². The summed E-state index contributed by atoms with van der Waals surface area (Å²) in [7, 11) is 1.41. The van der Waals surface area contributed by atoms with Crippen LogP contribution in [0.3, 0.4) is 0 Å². The number of carbonyl (C=O) groups excluding carboxylic acids is 2. The largest absolute Gasteiger partial charge is 0.469 e. The zero-order valence-corrected chi connectivity index (χ0v) is 17.4. The molecule has 0 aliphatic carbocycles. The summed E-state index contributed by atoms with van der Waals surface area (Å²) >= 11 is 0. The van der Waals surface area contributed by atoms with Gasteiger partial charge in [0.2, 0.25) is 0 Å². The van der Waals surface area contributed by atoms with Crippen molar-refractivity contribution < 1.29 is 14.3 Å². The molecule has 0 spiro atoms. The Morgan fingerprint density at radius 3 is 2.27 bits per heavy atom. The number of rotatable bonds is 15. The fraction of sp³-hybridized carbons (Fsp3) is 0.600. The molecule has 1 amide bonds. The number of amides is 1. The first-order valence-electron chi connectivity index (χ1n) is 10.2. The maximum atomic E-state index is 12.4. The predicted molar refractivity (Wildman–Crippen MR) is 114 cm³/mol. The van der Waals surface area contributed by atoms with Crippen LogP contribution >= 0.6 is 0 Å². The van der Waals surface area contributed by atoms with Gasteiger partial charge in [0.05, 0.1) is 13.7 Å². The van der Waals surface area contributed by atoms with Crippen molar-refractivity contribution in [2.45, 2.75) is 64.3 Å². The highest BCUT2D eigenvalue weighted by molar-refractivity contribution is 5.95. The van der Waals surface area contributed by atoms with Crippen LogP contribution in [0.5, 0.6) is 0 Å². The lowest BCUT2D eigenvalue weighted by Crippen LogP contribution is -2.24. The van der Waals surface area contributed by atoms with Crippen LogP contribution in [0.2, 0.25) is 0 Å². The number of unbranched alkanes of at least 4 members (excludes halogenated alkanes) is 7. The van der Waals surface area contributed by atoms with Gasteiger partial charge in [0, 0.05) is 34.0 Å². The zero-order chi connectivity index (χ0) is 22.0. The molecule has 0 saturated carbocycles. The van der Waals surface area contributed by atoms with E-state index in [1.54, 1.807) is 12.1 Å². The van der Waals surface area contributed by atoms with Crippen molar-refractivity contribution in [3.8, 4) is 0 Å². The van der Waals surface area contributed by atoms with Gasteiger partial charge in [-0.1, -0.05) is 48.8 Å². The summed E-state index contributed by atoms with van der Waals surface area (Å²) in [5.41, 5.74) is 18.3. The smallest absolute Gasteiger partial charge is 0.305 e. The predicted octanol–water partition coefficient (Wildman–Crippen LogP) is 5.85. The van der Waals surface area contributed by atoms with Crippen molar-refractivity contribution in [3.63, 3.8) is 0 Å². The molecule has 10 nitrogen and oxygen atoms in total. The summed E-state index contributed by atoms with van der Waals surface area (Å²) < 4.78 is 4.61. The monoisotopic (exact) mass is 415 g/mol. The highest BCUT2D eigenvalue weighted by Gasteiger charge is 2.08. The number of carbonyl (C=O) groups is 2. The third-order valence-corrected chi connectivity index (χ3v) is 4.54. The topological polar surface area (TPSA) is 153 Å². The summed E-state index contributed by atoms with van der Waals surface area (Å²) in [4.78, 5) is 28.8. The molecule has 0 aliphatic rings. The van der Waals surface area contributed by atoms with Crippen LogP contribution < -0.4 is 5.32 Å². The molecule has 0 radical (unpaired) electrons. The molecule has 0 aromatic heterocycles. The maximum absolute atomic E-state index is 12.4. The number of esters is 1. The molecule has 30 heavy (non-hydrogen) atoms. The maximum Gasteiger partial charge on any atom is 0.305 e. The van der Waals surface area contributed by atoms with Crippen molar-refractivity contribution >= 4 is 17.6 Å². The zero-order valence-electron chi connectivity index (χ0n) is 17.4. The molecule has 0 heterocycles. The second-order valence-electron chi connectivity index (χ2n) is 6.88. The normalized spacial score (nSPS) is 9.90. The lowest BCUT2D eigenvalue weighted by molar-refractivity contribution is -0.140. The van der Waals surface area contributed by atoms with Crippen molar-refractivity contribution in [1.82, 2.24) is 5.32 Å². The first kappa shape index (κ1) is 24.8. The molecule has 1 aromatic rings. The SMILES string of the molecule is COC(=O)CCCCCCCCCCNC(=O)c1cc(CN=[N+]=[N-])cc(N=[N+]=[N-])c1. The van der Waals surface area contributed by atoms with E-state index in [4.69, 9.17) is 11.1 Å². The van der Waals surface area contributed by atoms with Crippen molar-refractivity contribution in [2.75, 3.05) is 13.7 Å². The molecular formula is C20H29N7O3. The summed E-state index contributed by atoms with van der Waals surface area (Å²) in [6.45, 7) is 0.643. The van der Waals surface area contributed by atoms with E-state index < -0.39 is 0 Å². The number of benzene rings is 1. The lowest BCUT2D eigenvalue weighted by atomic mass is 10.1. The number of hydrogen-bond acceptors (Lipinski definition) is 5. The third-order valence-electron chi connectivity index (χ3n) is 4.54. The molecule has 1 aromatic carbocycles. The Morgan fingerprint density at radius 2 is 1.63 bits per heavy atom. The summed E-state index contributed by atoms with van der Waals surface area (Å²) in [6.07, 6.45) is 8.85. The van der Waals surface area contributed by atoms with Gasteiger partial charge in [-0.3, -0.25) is 9.59 Å². The molecule has 0 fully saturated rings. The van der Waals surface area contributed by atoms with Gasteiger partial charge < -0.3 is 10.1 Å². The molecule has 0 bridgehead atoms. The van der Waals surface area contributed by atoms with Crippen LogP contribution in [-0.4, -0.2) is 25.5 Å². The van der Waals surface area contributed by atoms with Crippen LogP contribution in [0.1, 0.15) is 73.7 Å². The second-order valence-corrected chi connectivity index (χ2v) is 6.88. The van der Waals surface area contributed by atoms with E-state index in [2.05, 4.69) is 30.1 Å². The van der Waals surface area contributed by atoms with Gasteiger partial charge in [-0.25, -0.2) is 0 Å². The molecule has 0 saturated heterocycles. The van der Waals surface area contributed by atoms with E-state index in [0.29, 0.717) is 29.8 Å². The molecule has 10 heteroatoms. The van der Waals surface area contributed by atoms with E-state index >= 15 is 0 Å². The molecule has 1 N–H and O–H groups in total. The minimum absolute atomic E-state index is 0.0776. The average molecular weight is 415 g/mol. The Labute approximate surface area is 176 Å². The standard InChI is InChI=1S/C20H29N7O3/c1-30-19(28)10-8-6-4-2-3-5-7-9-11-23-20(29)17-12-16(15-24-26-21)13-18(14-17)25-27-22/h12-14H,2-11,15H2,1H3,(H,23,29). The Balaban J connectivity index is 2.25. The fourth-order valence-corrected chi connectivity index (χ4v) is 2.98. The first-order chi connectivity index (χ1) is 14.6. The number of nitrogens with zero attached hydrogens (tertiary/aromatic N) is 6. The van der Waals surface area contributed by atoms with E-state index in [9.17, 15) is 9.59 Å². The molecule has 0 atom stereocenters. The molecular weight excluding hydrogens is 386 g/mol. The van der Waals surface area contributed by atoms with Crippen LogP contribution in [-0.2, 0) is 16.1 Å². The average Bonchev–Trinajstić information content (AvgIpc) is 2.75. The minimum Gasteiger partial charge on any atom is -0.469 e. The lowest BCUT2D eigenvalue weighted by Gasteiger charge is -2.08. The van der Waals surface area contributed by atoms with Crippen LogP contribution in [0.25, 0.3) is 20.9 Å². The molecule has 162 valence electrons. The molecule has 0 unspecified atom stereocenters. The van der Waals surface area contributed by atoms with Gasteiger partial charge in [-0.05, 0) is 47.7 Å². The molecule has 0 aliphatic heterocycles. The quantitative estimate of drug-likeness (QED) is 0.125. The first-order valence-corrected chi connectivity index (χ1v) is 10.2. The van der Waals surface area contributed by atoms with Gasteiger partial charge in [-0.2, -0.15) is 0 Å². The third kappa shape index (κ3) is 10.9. The highest BCUT2D eigenvalue weighted by Crippen LogP contribution is 2.19. The van der Waals surface area contributed by atoms with Gasteiger partial charge in [0.15, 0.2) is 0 Å². The van der Waals surface area contributed by atoms with Crippen LogP contribution in [0.4, 0.5) is 5.69 Å². The Morgan fingerprint density at radius 1 is 0.967 bits per heavy atom. The van der Waals surface area contributed by atoms with Crippen LogP contribution in [0.15, 0.2) is 28.4 Å². The fourth-order valence-electron chi connectivity index (χ4n) is 2.98. The number of ether oxygens (including phenoxy) is 1. The van der Waals surface area contributed by atoms with Gasteiger partial charge in [0.25, 0.3) is 5.91 Å². The van der Waals surface area contributed by atoms with Gasteiger partial charge in [-0.15, -0.1) is 0 Å². The Hall–Kier alpha value is -3.22. The number of azide groups is 2. The van der Waals surface area contributed by atoms with E-state index in [1.807, 2.05) is 0 Å². The number of methoxy groups -OCH3 is 1. The Kier molecular flexibility index (Phi) is 13.0. The van der Waals surface area contributed by atoms with Crippen molar-refractivity contribution in [3.05, 3.63) is 50.2 Å². The van der Waals surface area contributed by atoms with Gasteiger partial charge in [0.1, 0.15) is 0 Å². The summed E-state index contributed by atoms with van der Waals surface area (Å²) in [5.74, 6) is -0.397. The van der Waals surface area contributed by atoms with E-state index in [1.165, 1.54) is 13.2 Å². The van der Waals surface area contributed by atoms with E-state index in [0.717, 1.165) is 51.4 Å². The Bertz CT molecular complexity index is 785. The highest BCUT2D eigenvalue weighted by atomic mass is 16.5. The van der Waals surface area contributed by atoms with Crippen LogP contribution in [0, 0.1) is 0 Å². The van der Waals surface area contributed by atoms with Crippen molar-refractivity contribution in [2.24, 2.45) is 10.2 Å². The summed E-state index contributed by atoms with van der Waals surface area (Å²) in [5, 5.41) is 9.87. The second kappa shape index (κ2) is 15.7. The molecule has 1 rings (SSSR count). The minimum atomic E-state index is -0.252. The number of nitrogens with one attached hydrogen (secondary N) is 1.